The maximum absolute atomic E-state index is 14.5. The molecule has 55 heavy (non-hydrogen) atoms. The van der Waals surface area contributed by atoms with Gasteiger partial charge in [-0.2, -0.15) is 0 Å². The summed E-state index contributed by atoms with van der Waals surface area (Å²) in [6.45, 7) is 11.7. The zero-order chi connectivity index (χ0) is 40.1. The molecule has 0 bridgehead atoms. The molecule has 0 aromatic heterocycles. The van der Waals surface area contributed by atoms with Gasteiger partial charge in [0, 0.05) is 30.9 Å². The smallest absolute Gasteiger partial charge is 0.243 e. The summed E-state index contributed by atoms with van der Waals surface area (Å²) in [5.41, 5.74) is 10.7. The Labute approximate surface area is 327 Å². The first-order valence-electron chi connectivity index (χ1n) is 20.3. The number of allylic oxidation sites excluding steroid dienone is 8. The lowest BCUT2D eigenvalue weighted by atomic mass is 9.45. The molecule has 0 radical (unpaired) electrons. The van der Waals surface area contributed by atoms with Gasteiger partial charge in [-0.3, -0.25) is 14.9 Å². The molecule has 1 aliphatic heterocycles. The number of hydrogen-bond acceptors (Lipinski definition) is 9. The van der Waals surface area contributed by atoms with Crippen LogP contribution in [-0.4, -0.2) is 74.8 Å². The van der Waals surface area contributed by atoms with Gasteiger partial charge in [-0.05, 0) is 125 Å². The molecule has 3 aliphatic carbocycles. The van der Waals surface area contributed by atoms with Crippen molar-refractivity contribution < 1.29 is 35.1 Å². The number of benzene rings is 1. The van der Waals surface area contributed by atoms with Gasteiger partial charge in [0.2, 0.25) is 5.91 Å². The first-order chi connectivity index (χ1) is 26.2. The van der Waals surface area contributed by atoms with E-state index in [4.69, 9.17) is 5.73 Å². The number of rotatable bonds is 16. The van der Waals surface area contributed by atoms with E-state index in [1.54, 1.807) is 6.92 Å². The molecule has 5 rings (SSSR count). The monoisotopic (exact) mass is 759 g/mol. The van der Waals surface area contributed by atoms with Crippen LogP contribution in [0.15, 0.2) is 76.9 Å². The maximum atomic E-state index is 14.5. The zero-order valence-corrected chi connectivity index (χ0v) is 33.3. The van der Waals surface area contributed by atoms with Crippen molar-refractivity contribution in [1.82, 2.24) is 10.6 Å². The fourth-order valence-corrected chi connectivity index (χ4v) is 10.6. The largest absolute Gasteiger partial charge is 0.396 e. The van der Waals surface area contributed by atoms with Crippen LogP contribution in [0.4, 0.5) is 0 Å². The second kappa shape index (κ2) is 18.4. The van der Waals surface area contributed by atoms with Gasteiger partial charge in [-0.15, -0.1) is 0 Å². The Kier molecular flexibility index (Phi) is 14.3. The average Bonchev–Trinajstić information content (AvgIpc) is 3.43. The summed E-state index contributed by atoms with van der Waals surface area (Å²) in [5, 5.41) is 62.0. The van der Waals surface area contributed by atoms with Crippen LogP contribution in [0.1, 0.15) is 121 Å². The highest BCUT2D eigenvalue weighted by Gasteiger charge is 2.70. The highest BCUT2D eigenvalue weighted by molar-refractivity contribution is 5.98. The molecule has 1 spiro atoms. The van der Waals surface area contributed by atoms with E-state index in [2.05, 4.69) is 37.1 Å². The van der Waals surface area contributed by atoms with E-state index in [1.807, 2.05) is 43.4 Å². The van der Waals surface area contributed by atoms with Crippen molar-refractivity contribution in [2.45, 2.75) is 128 Å². The molecule has 302 valence electrons. The third-order valence-corrected chi connectivity index (χ3v) is 13.1. The van der Waals surface area contributed by atoms with Gasteiger partial charge in [0.25, 0.3) is 0 Å². The van der Waals surface area contributed by atoms with E-state index < -0.39 is 35.4 Å². The fourth-order valence-electron chi connectivity index (χ4n) is 10.6. The summed E-state index contributed by atoms with van der Waals surface area (Å²) in [4.78, 5) is 27.6. The second-order valence-electron chi connectivity index (χ2n) is 16.8. The van der Waals surface area contributed by atoms with E-state index in [-0.39, 0.29) is 55.6 Å². The van der Waals surface area contributed by atoms with Gasteiger partial charge in [-0.25, -0.2) is 0 Å². The number of amides is 1. The summed E-state index contributed by atoms with van der Waals surface area (Å²) < 4.78 is 0. The van der Waals surface area contributed by atoms with Crippen LogP contribution < -0.4 is 16.4 Å². The zero-order valence-electron chi connectivity index (χ0n) is 33.3. The summed E-state index contributed by atoms with van der Waals surface area (Å²) in [6.07, 6.45) is 11.9. The number of hydrogen-bond donors (Lipinski definition) is 8. The number of nitrogens with one attached hydrogen (secondary N) is 2. The number of ketones is 1. The molecule has 3 saturated carbocycles. The normalized spacial score (nSPS) is 32.0. The Balaban J connectivity index is 1.50. The van der Waals surface area contributed by atoms with Crippen molar-refractivity contribution in [3.05, 3.63) is 93.6 Å². The number of carbonyl (C=O) groups excluding carboxylic acids is 2. The number of aliphatic hydroxyl groups excluding tert-OH is 4. The predicted molar refractivity (Wildman–Crippen MR) is 215 cm³/mol. The average molecular weight is 760 g/mol. The molecular weight excluding hydrogens is 695 g/mol. The van der Waals surface area contributed by atoms with Crippen LogP contribution in [0, 0.1) is 23.2 Å². The van der Waals surface area contributed by atoms with Gasteiger partial charge in [0.1, 0.15) is 12.2 Å². The second-order valence-corrected chi connectivity index (χ2v) is 16.8. The molecule has 1 heterocycles. The Morgan fingerprint density at radius 1 is 1.20 bits per heavy atom. The standard InChI is InChI=1S/C45H65N3O7/c1-27(2)11-6-12-28(3)13-7-15-32(26-50)36-24-33-16-9-20-44(55)21-19-34(37(18-10-22-49)45(33,44)41(36)53)30(5)38(52)23-31-14-8-17-35-39(31)40(47-25-29(4)51)43(54)48-42(35)46/h7-8,11,13-15,17,29,33,36-37,40-42,47,49-51,53,55H,3,6,9-10,12,16,18-26,46H2,1-2,4-5H3,(H,48,54)/b13-7+,32-15-,34-30+/t29-,33+,36+,37+,40-,41+,42-,44+,45+/m0/s1. The molecule has 3 fully saturated rings. The Morgan fingerprint density at radius 3 is 2.65 bits per heavy atom. The molecule has 1 aromatic rings. The summed E-state index contributed by atoms with van der Waals surface area (Å²) in [7, 11) is 0. The maximum Gasteiger partial charge on any atom is 0.243 e. The first kappa shape index (κ1) is 42.9. The van der Waals surface area contributed by atoms with Crippen molar-refractivity contribution in [3.63, 3.8) is 0 Å². The highest BCUT2D eigenvalue weighted by Crippen LogP contribution is 2.69. The van der Waals surface area contributed by atoms with Gasteiger partial charge in [0.05, 0.1) is 24.4 Å². The van der Waals surface area contributed by atoms with Crippen molar-refractivity contribution in [2.75, 3.05) is 19.8 Å². The summed E-state index contributed by atoms with van der Waals surface area (Å²) >= 11 is 0. The Morgan fingerprint density at radius 2 is 1.96 bits per heavy atom. The van der Waals surface area contributed by atoms with Crippen molar-refractivity contribution in [3.8, 4) is 0 Å². The first-order valence-corrected chi connectivity index (χ1v) is 20.3. The summed E-state index contributed by atoms with van der Waals surface area (Å²) in [5.74, 6) is -1.23. The molecule has 10 heteroatoms. The van der Waals surface area contributed by atoms with Gasteiger partial charge < -0.3 is 36.6 Å². The van der Waals surface area contributed by atoms with E-state index in [0.717, 1.165) is 36.8 Å². The molecular formula is C45H65N3O7. The van der Waals surface area contributed by atoms with Crippen LogP contribution in [0.3, 0.4) is 0 Å². The Bertz CT molecular complexity index is 1710. The molecule has 1 amide bonds. The lowest BCUT2D eigenvalue weighted by molar-refractivity contribution is -0.215. The van der Waals surface area contributed by atoms with E-state index in [0.29, 0.717) is 66.4 Å². The lowest BCUT2D eigenvalue weighted by Gasteiger charge is -2.61. The fraction of sp³-hybridized carbons (Fsp3) is 0.600. The third-order valence-electron chi connectivity index (χ3n) is 13.1. The number of fused-ring (bicyclic) bond motifs is 1. The SMILES string of the molecule is C=C(/C=C/C=C(/CO)[C@H]1C[C@H]2CCC[C@@]3(O)CC/C(=C(/C)C(=O)Cc4cccc5c4[C@H](NC[C@H](C)O)C(=O)N[C@@H]5N)[C@@H](CCCO)[C@@]23[C@@H]1O)CCC=C(C)C. The minimum absolute atomic E-state index is 0.0212. The molecule has 9 N–H and O–H groups in total. The van der Waals surface area contributed by atoms with Crippen LogP contribution in [0.25, 0.3) is 0 Å². The minimum atomic E-state index is -1.17. The molecule has 1 aromatic carbocycles. The Hall–Kier alpha value is -3.22. The van der Waals surface area contributed by atoms with Gasteiger partial charge in [-0.1, -0.05) is 72.2 Å². The molecule has 9 atom stereocenters. The van der Waals surface area contributed by atoms with Gasteiger partial charge >= 0.3 is 0 Å². The number of nitrogens with two attached hydrogens (primary N) is 1. The van der Waals surface area contributed by atoms with E-state index in [1.165, 1.54) is 5.57 Å². The number of Topliss-reactive ketones (excluding diaryl/α,β-unsaturated/α-hetero) is 1. The van der Waals surface area contributed by atoms with E-state index >= 15 is 0 Å². The van der Waals surface area contributed by atoms with Crippen LogP contribution in [0.5, 0.6) is 0 Å². The molecule has 0 saturated heterocycles. The highest BCUT2D eigenvalue weighted by atomic mass is 16.3. The van der Waals surface area contributed by atoms with Crippen molar-refractivity contribution in [2.24, 2.45) is 28.9 Å². The van der Waals surface area contributed by atoms with Crippen LogP contribution >= 0.6 is 0 Å². The van der Waals surface area contributed by atoms with Crippen molar-refractivity contribution >= 4 is 11.7 Å². The molecule has 0 unspecified atom stereocenters. The lowest BCUT2D eigenvalue weighted by Crippen LogP contribution is -2.65. The molecule has 4 aliphatic rings. The minimum Gasteiger partial charge on any atom is -0.396 e. The quantitative estimate of drug-likeness (QED) is 0.0648. The topological polar surface area (TPSA) is 185 Å². The van der Waals surface area contributed by atoms with Crippen molar-refractivity contribution in [1.29, 1.82) is 0 Å². The summed E-state index contributed by atoms with van der Waals surface area (Å²) in [6, 6.07) is 4.73. The van der Waals surface area contributed by atoms with Crippen LogP contribution in [0.2, 0.25) is 0 Å². The van der Waals surface area contributed by atoms with Gasteiger partial charge in [0.15, 0.2) is 5.78 Å². The molecule has 10 nitrogen and oxygen atoms in total. The van der Waals surface area contributed by atoms with Crippen LogP contribution in [-0.2, 0) is 16.0 Å². The number of carbonyl (C=O) groups is 2. The predicted octanol–water partition coefficient (Wildman–Crippen LogP) is 5.07. The van der Waals surface area contributed by atoms with E-state index in [9.17, 15) is 35.1 Å². The third kappa shape index (κ3) is 8.71. The number of aliphatic hydroxyl groups is 5.